The van der Waals surface area contributed by atoms with Crippen molar-refractivity contribution in [1.29, 1.82) is 0 Å². The number of methoxy groups -OCH3 is 1. The predicted molar refractivity (Wildman–Crippen MR) is 131 cm³/mol. The van der Waals surface area contributed by atoms with Crippen LogP contribution in [0, 0.1) is 0 Å². The Bertz CT molecular complexity index is 653. The second kappa shape index (κ2) is 14.2. The van der Waals surface area contributed by atoms with E-state index in [2.05, 4.69) is 48.8 Å². The highest BCUT2D eigenvalue weighted by Crippen LogP contribution is 2.28. The van der Waals surface area contributed by atoms with Crippen LogP contribution in [0.3, 0.4) is 0 Å². The van der Waals surface area contributed by atoms with Gasteiger partial charge in [-0.2, -0.15) is 0 Å². The van der Waals surface area contributed by atoms with Gasteiger partial charge in [0, 0.05) is 19.1 Å². The van der Waals surface area contributed by atoms with E-state index in [1.807, 2.05) is 18.2 Å². The summed E-state index contributed by atoms with van der Waals surface area (Å²) in [6.07, 6.45) is 2.62. The topological polar surface area (TPSA) is 61.8 Å². The number of hydrogen-bond acceptors (Lipinski definition) is 5. The van der Waals surface area contributed by atoms with Gasteiger partial charge in [-0.1, -0.05) is 67.0 Å². The molecule has 0 aromatic heterocycles. The summed E-state index contributed by atoms with van der Waals surface area (Å²) in [6.45, 7) is 9.42. The highest BCUT2D eigenvalue weighted by molar-refractivity contribution is 9.10. The largest absolute Gasteiger partial charge is 0.468 e. The first kappa shape index (κ1) is 28.0. The summed E-state index contributed by atoms with van der Waals surface area (Å²) in [5.74, 6) is -0.725. The lowest BCUT2D eigenvalue weighted by Gasteiger charge is -2.33. The van der Waals surface area contributed by atoms with Crippen molar-refractivity contribution < 1.29 is 23.5 Å². The molecule has 0 aliphatic rings. The summed E-state index contributed by atoms with van der Waals surface area (Å²) >= 11 is 3.23. The molecule has 1 rings (SSSR count). The van der Waals surface area contributed by atoms with Crippen LogP contribution in [0.15, 0.2) is 30.3 Å². The van der Waals surface area contributed by atoms with Crippen LogP contribution >= 0.6 is 15.9 Å². The molecule has 0 heterocycles. The number of benzene rings is 1. The second-order valence-electron chi connectivity index (χ2n) is 8.12. The van der Waals surface area contributed by atoms with Crippen LogP contribution < -0.4 is 0 Å². The molecule has 0 N–H and O–H groups in total. The number of rotatable bonds is 16. The Morgan fingerprint density at radius 3 is 2.23 bits per heavy atom. The lowest BCUT2D eigenvalue weighted by molar-refractivity contribution is -0.146. The molecule has 0 saturated heterocycles. The Kier molecular flexibility index (Phi) is 12.8. The Morgan fingerprint density at radius 1 is 1.06 bits per heavy atom. The third-order valence-corrected chi connectivity index (χ3v) is 11.5. The summed E-state index contributed by atoms with van der Waals surface area (Å²) in [7, 11) is -0.475. The number of ketones is 1. The van der Waals surface area contributed by atoms with Gasteiger partial charge in [-0.05, 0) is 49.9 Å². The molecule has 0 bridgehead atoms. The highest BCUT2D eigenvalue weighted by Gasteiger charge is 2.39. The lowest BCUT2D eigenvalue weighted by Crippen LogP contribution is -2.41. The molecule has 7 heteroatoms. The summed E-state index contributed by atoms with van der Waals surface area (Å²) in [5, 5.41) is 0. The number of halogens is 1. The average molecular weight is 516 g/mol. The molecule has 1 aromatic carbocycles. The van der Waals surface area contributed by atoms with Crippen molar-refractivity contribution in [1.82, 2.24) is 0 Å². The summed E-state index contributed by atoms with van der Waals surface area (Å²) in [4.78, 5) is 24.4. The monoisotopic (exact) mass is 514 g/mol. The minimum atomic E-state index is -1.77. The molecule has 0 aliphatic heterocycles. The van der Waals surface area contributed by atoms with E-state index in [0.717, 1.165) is 36.5 Å². The van der Waals surface area contributed by atoms with Crippen molar-refractivity contribution in [3.63, 3.8) is 0 Å². The molecule has 2 atom stereocenters. The highest BCUT2D eigenvalue weighted by atomic mass is 79.9. The fraction of sp³-hybridized carbons (Fsp3) is 0.667. The van der Waals surface area contributed by atoms with E-state index in [1.54, 1.807) is 6.92 Å². The smallest absolute Gasteiger partial charge is 0.329 e. The van der Waals surface area contributed by atoms with E-state index in [-0.39, 0.29) is 11.9 Å². The molecule has 0 aliphatic carbocycles. The number of carbonyl (C=O) groups is 2. The first-order chi connectivity index (χ1) is 14.7. The van der Waals surface area contributed by atoms with Crippen LogP contribution in [0.5, 0.6) is 0 Å². The van der Waals surface area contributed by atoms with Crippen molar-refractivity contribution in [2.24, 2.45) is 0 Å². The van der Waals surface area contributed by atoms with E-state index in [0.29, 0.717) is 26.1 Å². The average Bonchev–Trinajstić information content (AvgIpc) is 2.79. The van der Waals surface area contributed by atoms with Gasteiger partial charge in [0.1, 0.15) is 0 Å². The predicted octanol–water partition coefficient (Wildman–Crippen LogP) is 6.05. The third kappa shape index (κ3) is 9.16. The molecule has 2 unspecified atom stereocenters. The van der Waals surface area contributed by atoms with Crippen LogP contribution in [0.2, 0.25) is 18.1 Å². The third-order valence-electron chi connectivity index (χ3n) is 6.07. The zero-order chi connectivity index (χ0) is 23.3. The Hall–Kier alpha value is -1.02. The molecule has 0 amide bonds. The minimum Gasteiger partial charge on any atom is -0.468 e. The van der Waals surface area contributed by atoms with Gasteiger partial charge >= 0.3 is 5.97 Å². The number of carbonyl (C=O) groups excluding carboxylic acids is 2. The molecule has 0 spiro atoms. The molecular formula is C24H39BrO5Si. The van der Waals surface area contributed by atoms with Crippen molar-refractivity contribution >= 4 is 36.0 Å². The quantitative estimate of drug-likeness (QED) is 0.0882. The number of Topliss-reactive ketones (excluding diaryl/α,β-unsaturated/α-hetero) is 1. The van der Waals surface area contributed by atoms with E-state index in [4.69, 9.17) is 13.9 Å². The molecule has 1 aromatic rings. The standard InChI is InChI=1S/C24H39BrO5Si/c1-6-31(7-2,8-3)30-21(17-18-29-19-20-13-10-9-11-14-20)15-12-16-22(26)24(4,25)23(27)28-5/h9-11,13-14,21H,6-8,12,15-19H2,1-5H3. The zero-order valence-electron chi connectivity index (χ0n) is 19.7. The van der Waals surface area contributed by atoms with E-state index in [9.17, 15) is 9.59 Å². The Balaban J connectivity index is 2.64. The van der Waals surface area contributed by atoms with Gasteiger partial charge in [0.2, 0.25) is 0 Å². The maximum Gasteiger partial charge on any atom is 0.329 e. The summed E-state index contributed by atoms with van der Waals surface area (Å²) < 4.78 is 16.1. The van der Waals surface area contributed by atoms with Gasteiger partial charge in [0.05, 0.1) is 13.7 Å². The van der Waals surface area contributed by atoms with Gasteiger partial charge in [-0.15, -0.1) is 0 Å². The van der Waals surface area contributed by atoms with Crippen molar-refractivity contribution in [2.45, 2.75) is 88.5 Å². The van der Waals surface area contributed by atoms with Crippen LogP contribution in [0.4, 0.5) is 0 Å². The Labute approximate surface area is 197 Å². The van der Waals surface area contributed by atoms with Crippen molar-refractivity contribution in [3.8, 4) is 0 Å². The minimum absolute atomic E-state index is 0.0646. The molecular weight excluding hydrogens is 476 g/mol. The van der Waals surface area contributed by atoms with E-state index in [1.165, 1.54) is 7.11 Å². The number of esters is 1. The molecule has 5 nitrogen and oxygen atoms in total. The molecule has 31 heavy (non-hydrogen) atoms. The van der Waals surface area contributed by atoms with Gasteiger partial charge in [-0.3, -0.25) is 9.59 Å². The van der Waals surface area contributed by atoms with Crippen LogP contribution in [-0.4, -0.2) is 44.2 Å². The maximum absolute atomic E-state index is 12.5. The van der Waals surface area contributed by atoms with Crippen LogP contribution in [-0.2, 0) is 30.1 Å². The fourth-order valence-corrected chi connectivity index (χ4v) is 6.93. The van der Waals surface area contributed by atoms with Crippen LogP contribution in [0.1, 0.15) is 58.9 Å². The SMILES string of the molecule is CC[Si](CC)(CC)OC(CCCC(=O)C(C)(Br)C(=O)OC)CCOCc1ccccc1. The van der Waals surface area contributed by atoms with Gasteiger partial charge in [0.15, 0.2) is 18.4 Å². The molecule has 176 valence electrons. The number of alkyl halides is 1. The summed E-state index contributed by atoms with van der Waals surface area (Å²) in [6, 6.07) is 13.4. The molecule has 0 saturated carbocycles. The number of hydrogen-bond donors (Lipinski definition) is 0. The molecule has 0 fully saturated rings. The number of ether oxygens (including phenoxy) is 2. The van der Waals surface area contributed by atoms with Crippen LogP contribution in [0.25, 0.3) is 0 Å². The first-order valence-electron chi connectivity index (χ1n) is 11.3. The second-order valence-corrected chi connectivity index (χ2v) is 14.4. The van der Waals surface area contributed by atoms with Gasteiger partial charge in [0.25, 0.3) is 0 Å². The van der Waals surface area contributed by atoms with Crippen molar-refractivity contribution in [3.05, 3.63) is 35.9 Å². The zero-order valence-corrected chi connectivity index (χ0v) is 22.3. The first-order valence-corrected chi connectivity index (χ1v) is 14.7. The van der Waals surface area contributed by atoms with E-state index < -0.39 is 18.6 Å². The van der Waals surface area contributed by atoms with Gasteiger partial charge in [-0.25, -0.2) is 0 Å². The summed E-state index contributed by atoms with van der Waals surface area (Å²) in [5.41, 5.74) is 1.16. The fourth-order valence-electron chi connectivity index (χ4n) is 3.63. The lowest BCUT2D eigenvalue weighted by atomic mass is 9.99. The van der Waals surface area contributed by atoms with E-state index >= 15 is 0 Å². The molecule has 0 radical (unpaired) electrons. The van der Waals surface area contributed by atoms with Crippen molar-refractivity contribution in [2.75, 3.05) is 13.7 Å². The maximum atomic E-state index is 12.5. The normalized spacial score (nSPS) is 14.6. The Morgan fingerprint density at radius 2 is 1.68 bits per heavy atom. The van der Waals surface area contributed by atoms with Gasteiger partial charge < -0.3 is 13.9 Å².